The number of oxazole rings is 1. The Labute approximate surface area is 192 Å². The number of benzene rings is 1. The van der Waals surface area contributed by atoms with Crippen LogP contribution in [0.15, 0.2) is 28.7 Å². The van der Waals surface area contributed by atoms with Gasteiger partial charge in [0.2, 0.25) is 11.8 Å². The fourth-order valence-electron chi connectivity index (χ4n) is 4.18. The van der Waals surface area contributed by atoms with Gasteiger partial charge in [-0.05, 0) is 62.4 Å². The lowest BCUT2D eigenvalue weighted by molar-refractivity contribution is -0.118. The topological polar surface area (TPSA) is 75.4 Å². The molecule has 1 N–H and O–H groups in total. The number of aryl methyl sites for hydroxylation is 1. The Balaban J connectivity index is 1.40. The zero-order valence-corrected chi connectivity index (χ0v) is 20.1. The van der Waals surface area contributed by atoms with Crippen molar-refractivity contribution in [1.82, 2.24) is 15.2 Å². The van der Waals surface area contributed by atoms with Gasteiger partial charge in [-0.2, -0.15) is 0 Å². The van der Waals surface area contributed by atoms with E-state index in [1.165, 1.54) is 6.42 Å². The molecule has 0 radical (unpaired) electrons. The highest BCUT2D eigenvalue weighted by molar-refractivity contribution is 7.84. The average Bonchev–Trinajstić information content (AvgIpc) is 3.05. The Kier molecular flexibility index (Phi) is 8.69. The molecule has 3 atom stereocenters. The van der Waals surface area contributed by atoms with Crippen LogP contribution < -0.4 is 5.32 Å². The van der Waals surface area contributed by atoms with E-state index < -0.39 is 10.8 Å². The lowest BCUT2D eigenvalue weighted by Gasteiger charge is -2.34. The van der Waals surface area contributed by atoms with Crippen molar-refractivity contribution >= 4 is 28.3 Å². The number of amides is 1. The molecule has 170 valence electrons. The number of halogens is 1. The fourth-order valence-corrected chi connectivity index (χ4v) is 5.38. The quantitative estimate of drug-likeness (QED) is 0.565. The number of likely N-dealkylation sites (tertiary alicyclic amines) is 1. The molecule has 1 aliphatic heterocycles. The Morgan fingerprint density at radius 1 is 1.26 bits per heavy atom. The third-order valence-corrected chi connectivity index (χ3v) is 6.92. The molecule has 1 aromatic heterocycles. The molecular weight excluding hydrogens is 434 g/mol. The molecule has 31 heavy (non-hydrogen) atoms. The normalized spacial score (nSPS) is 20.5. The van der Waals surface area contributed by atoms with Gasteiger partial charge in [0.15, 0.2) is 0 Å². The molecule has 1 fully saturated rings. The van der Waals surface area contributed by atoms with Gasteiger partial charge in [-0.15, -0.1) is 0 Å². The van der Waals surface area contributed by atoms with Crippen LogP contribution in [0.5, 0.6) is 0 Å². The summed E-state index contributed by atoms with van der Waals surface area (Å²) in [5, 5.41) is 3.54. The second-order valence-corrected chi connectivity index (χ2v) is 10.6. The maximum atomic E-state index is 12.5. The van der Waals surface area contributed by atoms with Crippen LogP contribution in [-0.4, -0.2) is 51.9 Å². The fraction of sp³-hybridized carbons (Fsp3) is 0.565. The van der Waals surface area contributed by atoms with E-state index in [0.29, 0.717) is 28.9 Å². The molecule has 0 bridgehead atoms. The second kappa shape index (κ2) is 11.2. The van der Waals surface area contributed by atoms with Crippen molar-refractivity contribution in [3.63, 3.8) is 0 Å². The van der Waals surface area contributed by atoms with Gasteiger partial charge in [-0.1, -0.05) is 25.4 Å². The Hall–Kier alpha value is -1.70. The number of carbonyl (C=O) groups excluding carboxylic acids is 1. The van der Waals surface area contributed by atoms with Crippen molar-refractivity contribution in [2.75, 3.05) is 31.9 Å². The highest BCUT2D eigenvalue weighted by Gasteiger charge is 2.21. The van der Waals surface area contributed by atoms with Gasteiger partial charge in [-0.25, -0.2) is 4.98 Å². The predicted molar refractivity (Wildman–Crippen MR) is 125 cm³/mol. The molecule has 0 spiro atoms. The number of rotatable bonds is 9. The lowest BCUT2D eigenvalue weighted by Crippen LogP contribution is -2.40. The number of aromatic nitrogens is 1. The van der Waals surface area contributed by atoms with E-state index in [4.69, 9.17) is 16.0 Å². The Morgan fingerprint density at radius 3 is 2.61 bits per heavy atom. The third kappa shape index (κ3) is 7.44. The van der Waals surface area contributed by atoms with Crippen LogP contribution in [0.3, 0.4) is 0 Å². The van der Waals surface area contributed by atoms with Crippen molar-refractivity contribution in [2.45, 2.75) is 39.4 Å². The molecular formula is C23H32ClN3O3S. The van der Waals surface area contributed by atoms with E-state index in [-0.39, 0.29) is 17.4 Å². The minimum Gasteiger partial charge on any atom is -0.441 e. The van der Waals surface area contributed by atoms with E-state index in [2.05, 4.69) is 29.0 Å². The number of nitrogens with one attached hydrogen (secondary N) is 1. The van der Waals surface area contributed by atoms with Gasteiger partial charge >= 0.3 is 0 Å². The predicted octanol–water partition coefficient (Wildman–Crippen LogP) is 4.04. The highest BCUT2D eigenvalue weighted by atomic mass is 35.5. The average molecular weight is 466 g/mol. The van der Waals surface area contributed by atoms with Crippen molar-refractivity contribution < 1.29 is 13.4 Å². The largest absolute Gasteiger partial charge is 0.441 e. The number of carbonyl (C=O) groups is 1. The Morgan fingerprint density at radius 2 is 1.94 bits per heavy atom. The molecule has 0 aliphatic carbocycles. The van der Waals surface area contributed by atoms with Crippen LogP contribution >= 0.6 is 11.6 Å². The van der Waals surface area contributed by atoms with E-state index in [9.17, 15) is 9.00 Å². The van der Waals surface area contributed by atoms with Gasteiger partial charge in [-0.3, -0.25) is 9.00 Å². The van der Waals surface area contributed by atoms with Crippen LogP contribution in [0.2, 0.25) is 5.02 Å². The minimum absolute atomic E-state index is 0.0274. The van der Waals surface area contributed by atoms with Gasteiger partial charge < -0.3 is 14.6 Å². The van der Waals surface area contributed by atoms with E-state index in [1.807, 2.05) is 12.1 Å². The summed E-state index contributed by atoms with van der Waals surface area (Å²) < 4.78 is 18.2. The summed E-state index contributed by atoms with van der Waals surface area (Å²) in [4.78, 5) is 19.1. The zero-order valence-electron chi connectivity index (χ0n) is 18.5. The van der Waals surface area contributed by atoms with Crippen molar-refractivity contribution in [2.24, 2.45) is 11.8 Å². The first-order valence-corrected chi connectivity index (χ1v) is 12.7. The van der Waals surface area contributed by atoms with E-state index in [0.717, 1.165) is 43.5 Å². The van der Waals surface area contributed by atoms with Crippen LogP contribution in [0.1, 0.15) is 38.1 Å². The molecule has 6 nitrogen and oxygen atoms in total. The number of piperidine rings is 1. The third-order valence-electron chi connectivity index (χ3n) is 5.49. The van der Waals surface area contributed by atoms with Crippen LogP contribution in [-0.2, 0) is 21.3 Å². The number of hydrogen-bond donors (Lipinski definition) is 1. The standard InChI is InChI=1S/C23H32ClN3O3S/c1-16-11-17(2)13-27(12-16)10-4-9-25-22(28)15-31(29)14-21-18(3)30-23(26-21)19-5-7-20(24)8-6-19/h5-8,16-17H,4,9-15H2,1-3H3,(H,25,28)/t16-,17+,31-/m1/s1. The maximum Gasteiger partial charge on any atom is 0.232 e. The van der Waals surface area contributed by atoms with Crippen molar-refractivity contribution in [3.05, 3.63) is 40.7 Å². The van der Waals surface area contributed by atoms with Gasteiger partial charge in [0.25, 0.3) is 0 Å². The molecule has 0 saturated carbocycles. The summed E-state index contributed by atoms with van der Waals surface area (Å²) in [6.07, 6.45) is 2.20. The molecule has 1 aromatic carbocycles. The summed E-state index contributed by atoms with van der Waals surface area (Å²) in [6, 6.07) is 7.19. The zero-order chi connectivity index (χ0) is 22.4. The maximum absolute atomic E-state index is 12.5. The number of nitrogens with zero attached hydrogens (tertiary/aromatic N) is 2. The number of hydrogen-bond acceptors (Lipinski definition) is 5. The SMILES string of the molecule is Cc1oc(-c2ccc(Cl)cc2)nc1C[S@@](=O)CC(=O)NCCCN1C[C@H](C)C[C@H](C)C1. The molecule has 8 heteroatoms. The first kappa shape index (κ1) is 24.0. The molecule has 1 amide bonds. The molecule has 2 aromatic rings. The second-order valence-electron chi connectivity index (χ2n) is 8.67. The molecule has 0 unspecified atom stereocenters. The summed E-state index contributed by atoms with van der Waals surface area (Å²) in [7, 11) is -1.34. The van der Waals surface area contributed by atoms with Gasteiger partial charge in [0.05, 0.1) is 11.4 Å². The van der Waals surface area contributed by atoms with Gasteiger partial charge in [0, 0.05) is 41.0 Å². The van der Waals surface area contributed by atoms with E-state index >= 15 is 0 Å². The summed E-state index contributed by atoms with van der Waals surface area (Å²) in [5.74, 6) is 2.54. The first-order valence-electron chi connectivity index (χ1n) is 10.9. The smallest absolute Gasteiger partial charge is 0.232 e. The highest BCUT2D eigenvalue weighted by Crippen LogP contribution is 2.24. The lowest BCUT2D eigenvalue weighted by atomic mass is 9.92. The summed E-state index contributed by atoms with van der Waals surface area (Å²) in [5.41, 5.74) is 1.42. The molecule has 1 saturated heterocycles. The van der Waals surface area contributed by atoms with Crippen molar-refractivity contribution in [1.29, 1.82) is 0 Å². The monoisotopic (exact) mass is 465 g/mol. The van der Waals surface area contributed by atoms with Crippen molar-refractivity contribution in [3.8, 4) is 11.5 Å². The first-order chi connectivity index (χ1) is 14.8. The van der Waals surface area contributed by atoms with Crippen LogP contribution in [0.4, 0.5) is 0 Å². The van der Waals surface area contributed by atoms with Crippen LogP contribution in [0.25, 0.3) is 11.5 Å². The minimum atomic E-state index is -1.34. The molecule has 2 heterocycles. The molecule has 1 aliphatic rings. The summed E-state index contributed by atoms with van der Waals surface area (Å²) in [6.45, 7) is 10.3. The van der Waals surface area contributed by atoms with Gasteiger partial charge in [0.1, 0.15) is 11.5 Å². The summed E-state index contributed by atoms with van der Waals surface area (Å²) >= 11 is 5.92. The van der Waals surface area contributed by atoms with E-state index in [1.54, 1.807) is 19.1 Å². The Bertz CT molecular complexity index is 890. The van der Waals surface area contributed by atoms with Crippen LogP contribution in [0, 0.1) is 18.8 Å². The molecule has 3 rings (SSSR count).